The van der Waals surface area contributed by atoms with Gasteiger partial charge in [-0.05, 0) is 26.7 Å². The number of likely N-dealkylation sites (tertiary alicyclic amines) is 1. The highest BCUT2D eigenvalue weighted by molar-refractivity contribution is 5.11. The highest BCUT2D eigenvalue weighted by atomic mass is 16.5. The molecule has 8 heteroatoms. The monoisotopic (exact) mass is 320 g/mol. The number of rotatable bonds is 6. The minimum absolute atomic E-state index is 0.230. The van der Waals surface area contributed by atoms with E-state index in [1.807, 2.05) is 20.0 Å². The first-order chi connectivity index (χ1) is 11.0. The molecule has 0 amide bonds. The average Bonchev–Trinajstić information content (AvgIpc) is 3.20. The van der Waals surface area contributed by atoms with Gasteiger partial charge in [-0.2, -0.15) is 4.98 Å². The number of hydrogen-bond donors (Lipinski definition) is 1. The Morgan fingerprint density at radius 3 is 2.96 bits per heavy atom. The summed E-state index contributed by atoms with van der Waals surface area (Å²) in [6.45, 7) is 7.99. The Balaban J connectivity index is 1.64. The zero-order chi connectivity index (χ0) is 16.4. The van der Waals surface area contributed by atoms with Crippen LogP contribution in [-0.2, 0) is 18.6 Å². The van der Waals surface area contributed by atoms with Gasteiger partial charge >= 0.3 is 0 Å². The van der Waals surface area contributed by atoms with Crippen LogP contribution in [0.3, 0.4) is 0 Å². The van der Waals surface area contributed by atoms with E-state index in [0.29, 0.717) is 36.9 Å². The van der Waals surface area contributed by atoms with E-state index in [4.69, 9.17) is 4.52 Å². The molecule has 0 unspecified atom stereocenters. The Morgan fingerprint density at radius 2 is 2.26 bits per heavy atom. The lowest BCUT2D eigenvalue weighted by Crippen LogP contribution is -2.31. The van der Waals surface area contributed by atoms with Gasteiger partial charge in [-0.1, -0.05) is 17.3 Å². The average molecular weight is 320 g/mol. The quantitative estimate of drug-likeness (QED) is 0.857. The lowest BCUT2D eigenvalue weighted by molar-refractivity contribution is 0.0405. The Hall–Kier alpha value is -1.80. The van der Waals surface area contributed by atoms with Crippen LogP contribution in [0.15, 0.2) is 10.7 Å². The number of β-amino-alcohol motifs (C(OH)–C–C–N with tert-alkyl or cyclic N) is 1. The van der Waals surface area contributed by atoms with E-state index in [1.165, 1.54) is 0 Å². The van der Waals surface area contributed by atoms with Crippen LogP contribution in [0.5, 0.6) is 0 Å². The zero-order valence-corrected chi connectivity index (χ0v) is 13.9. The van der Waals surface area contributed by atoms with Gasteiger partial charge in [-0.15, -0.1) is 5.10 Å². The van der Waals surface area contributed by atoms with Crippen LogP contribution in [0, 0.1) is 0 Å². The predicted molar refractivity (Wildman–Crippen MR) is 82.5 cm³/mol. The second-order valence-corrected chi connectivity index (χ2v) is 6.52. The van der Waals surface area contributed by atoms with E-state index in [0.717, 1.165) is 19.4 Å². The normalized spacial score (nSPS) is 22.3. The molecule has 23 heavy (non-hydrogen) atoms. The zero-order valence-electron chi connectivity index (χ0n) is 13.9. The van der Waals surface area contributed by atoms with Crippen molar-refractivity contribution >= 4 is 0 Å². The van der Waals surface area contributed by atoms with E-state index < -0.39 is 5.60 Å². The molecular weight excluding hydrogens is 296 g/mol. The Morgan fingerprint density at radius 1 is 1.43 bits per heavy atom. The molecular formula is C15H24N6O2. The van der Waals surface area contributed by atoms with Gasteiger partial charge in [0.2, 0.25) is 5.89 Å². The molecule has 1 aliphatic rings. The Bertz CT molecular complexity index is 652. The maximum atomic E-state index is 10.9. The SMILES string of the molecule is CCCc1nc(CN2CC[C@@](O)(c3cn(C(C)C)nn3)C2)no1. The van der Waals surface area contributed by atoms with E-state index >= 15 is 0 Å². The van der Waals surface area contributed by atoms with Gasteiger partial charge in [0.1, 0.15) is 11.3 Å². The van der Waals surface area contributed by atoms with Gasteiger partial charge < -0.3 is 9.63 Å². The number of nitrogens with zero attached hydrogens (tertiary/aromatic N) is 6. The van der Waals surface area contributed by atoms with Crippen molar-refractivity contribution in [2.45, 2.75) is 58.2 Å². The van der Waals surface area contributed by atoms with Crippen molar-refractivity contribution in [2.24, 2.45) is 0 Å². The highest BCUT2D eigenvalue weighted by Crippen LogP contribution is 2.31. The van der Waals surface area contributed by atoms with Crippen molar-refractivity contribution in [2.75, 3.05) is 13.1 Å². The maximum Gasteiger partial charge on any atom is 0.226 e. The smallest absolute Gasteiger partial charge is 0.226 e. The molecule has 8 nitrogen and oxygen atoms in total. The molecule has 0 radical (unpaired) electrons. The third-order valence-electron chi connectivity index (χ3n) is 4.18. The molecule has 3 rings (SSSR count). The molecule has 2 aromatic heterocycles. The first-order valence-electron chi connectivity index (χ1n) is 8.18. The van der Waals surface area contributed by atoms with Gasteiger partial charge in [0.25, 0.3) is 0 Å². The number of aromatic nitrogens is 5. The molecule has 3 heterocycles. The lowest BCUT2D eigenvalue weighted by atomic mass is 10.00. The van der Waals surface area contributed by atoms with E-state index in [2.05, 4.69) is 32.3 Å². The molecule has 0 aliphatic carbocycles. The first-order valence-corrected chi connectivity index (χ1v) is 8.18. The molecule has 2 aromatic rings. The molecule has 126 valence electrons. The summed E-state index contributed by atoms with van der Waals surface area (Å²) in [6.07, 6.45) is 4.25. The minimum atomic E-state index is -0.955. The standard InChI is InChI=1S/C15H24N6O2/c1-4-5-14-16-13(18-23-14)9-20-7-6-15(22,10-20)12-8-21(11(2)3)19-17-12/h8,11,22H,4-7,9-10H2,1-3H3/t15-/m0/s1. The summed E-state index contributed by atoms with van der Waals surface area (Å²) in [5.74, 6) is 1.35. The fourth-order valence-corrected chi connectivity index (χ4v) is 2.83. The molecule has 0 bridgehead atoms. The third-order valence-corrected chi connectivity index (χ3v) is 4.18. The van der Waals surface area contributed by atoms with Crippen LogP contribution in [0.25, 0.3) is 0 Å². The molecule has 1 N–H and O–H groups in total. The van der Waals surface area contributed by atoms with Gasteiger partial charge in [0.05, 0.1) is 12.7 Å². The van der Waals surface area contributed by atoms with Gasteiger partial charge in [0, 0.05) is 25.6 Å². The van der Waals surface area contributed by atoms with Crippen molar-refractivity contribution in [1.82, 2.24) is 30.0 Å². The maximum absolute atomic E-state index is 10.9. The summed E-state index contributed by atoms with van der Waals surface area (Å²) in [6, 6.07) is 0.230. The molecule has 1 fully saturated rings. The summed E-state index contributed by atoms with van der Waals surface area (Å²) in [4.78, 5) is 6.50. The molecule has 0 spiro atoms. The van der Waals surface area contributed by atoms with E-state index in [-0.39, 0.29) is 6.04 Å². The molecule has 1 saturated heterocycles. The largest absolute Gasteiger partial charge is 0.382 e. The van der Waals surface area contributed by atoms with Crippen LogP contribution in [0.2, 0.25) is 0 Å². The molecule has 0 aromatic carbocycles. The first kappa shape index (κ1) is 16.1. The van der Waals surface area contributed by atoms with Crippen molar-refractivity contribution in [1.29, 1.82) is 0 Å². The van der Waals surface area contributed by atoms with Gasteiger partial charge in [-0.25, -0.2) is 4.68 Å². The van der Waals surface area contributed by atoms with Crippen LogP contribution in [0.4, 0.5) is 0 Å². The fourth-order valence-electron chi connectivity index (χ4n) is 2.83. The minimum Gasteiger partial charge on any atom is -0.382 e. The summed E-state index contributed by atoms with van der Waals surface area (Å²) >= 11 is 0. The summed E-state index contributed by atoms with van der Waals surface area (Å²) in [5.41, 5.74) is -0.322. The fraction of sp³-hybridized carbons (Fsp3) is 0.733. The number of aryl methyl sites for hydroxylation is 1. The second-order valence-electron chi connectivity index (χ2n) is 6.52. The predicted octanol–water partition coefficient (Wildman–Crippen LogP) is 1.29. The molecule has 1 aliphatic heterocycles. The summed E-state index contributed by atoms with van der Waals surface area (Å²) in [7, 11) is 0. The van der Waals surface area contributed by atoms with Crippen molar-refractivity contribution < 1.29 is 9.63 Å². The highest BCUT2D eigenvalue weighted by Gasteiger charge is 2.40. The lowest BCUT2D eigenvalue weighted by Gasteiger charge is -2.20. The van der Waals surface area contributed by atoms with Crippen molar-refractivity contribution in [3.8, 4) is 0 Å². The Kier molecular flexibility index (Phi) is 4.45. The molecule has 0 saturated carbocycles. The van der Waals surface area contributed by atoms with E-state index in [9.17, 15) is 5.11 Å². The summed E-state index contributed by atoms with van der Waals surface area (Å²) < 4.78 is 6.98. The van der Waals surface area contributed by atoms with Crippen LogP contribution in [0.1, 0.15) is 57.1 Å². The number of aliphatic hydroxyl groups is 1. The van der Waals surface area contributed by atoms with Crippen molar-refractivity contribution in [3.63, 3.8) is 0 Å². The molecule has 1 atom stereocenters. The third kappa shape index (κ3) is 3.42. The van der Waals surface area contributed by atoms with Crippen LogP contribution < -0.4 is 0 Å². The van der Waals surface area contributed by atoms with Crippen LogP contribution >= 0.6 is 0 Å². The topological polar surface area (TPSA) is 93.1 Å². The Labute approximate surface area is 135 Å². The van der Waals surface area contributed by atoms with Crippen LogP contribution in [-0.4, -0.2) is 48.2 Å². The van der Waals surface area contributed by atoms with Gasteiger partial charge in [-0.3, -0.25) is 4.90 Å². The van der Waals surface area contributed by atoms with Gasteiger partial charge in [0.15, 0.2) is 5.82 Å². The summed E-state index contributed by atoms with van der Waals surface area (Å²) in [5, 5.41) is 23.1. The van der Waals surface area contributed by atoms with E-state index in [1.54, 1.807) is 4.68 Å². The number of hydrogen-bond acceptors (Lipinski definition) is 7. The second kappa shape index (κ2) is 6.37. The van der Waals surface area contributed by atoms with Crippen molar-refractivity contribution in [3.05, 3.63) is 23.6 Å².